The first-order valence-electron chi connectivity index (χ1n) is 8.45. The number of allylic oxidation sites excluding steroid dienone is 1. The lowest BCUT2D eigenvalue weighted by Gasteiger charge is -2.07. The first-order chi connectivity index (χ1) is 13.4. The highest BCUT2D eigenvalue weighted by molar-refractivity contribution is 7.95. The summed E-state index contributed by atoms with van der Waals surface area (Å²) in [5.74, 6) is 0.0841. The highest BCUT2D eigenvalue weighted by atomic mass is 32.2. The molecule has 0 unspecified atom stereocenters. The number of anilines is 1. The molecule has 28 heavy (non-hydrogen) atoms. The molecule has 0 amide bonds. The Balaban J connectivity index is 2.16. The van der Waals surface area contributed by atoms with E-state index in [0.717, 1.165) is 12.6 Å². The summed E-state index contributed by atoms with van der Waals surface area (Å²) in [4.78, 5) is 11.3. The first-order valence-corrected chi connectivity index (χ1v) is 9.93. The van der Waals surface area contributed by atoms with Gasteiger partial charge in [0.1, 0.15) is 11.8 Å². The monoisotopic (exact) mass is 400 g/mol. The minimum absolute atomic E-state index is 0.0167. The van der Waals surface area contributed by atoms with Crippen molar-refractivity contribution in [3.8, 4) is 11.8 Å². The van der Waals surface area contributed by atoms with E-state index < -0.39 is 20.7 Å². The molecule has 2 aromatic rings. The third kappa shape index (κ3) is 5.11. The van der Waals surface area contributed by atoms with Crippen molar-refractivity contribution in [3.05, 3.63) is 65.2 Å². The van der Waals surface area contributed by atoms with E-state index in [4.69, 9.17) is 9.47 Å². The number of ether oxygens (including phenoxy) is 2. The fraction of sp³-hybridized carbons (Fsp3) is 0.200. The summed E-state index contributed by atoms with van der Waals surface area (Å²) in [6.07, 6.45) is 1.85. The number of hydrogen-bond donors (Lipinski definition) is 1. The van der Waals surface area contributed by atoms with Gasteiger partial charge in [0.25, 0.3) is 0 Å². The number of rotatable bonds is 8. The average molecular weight is 400 g/mol. The number of nitrogens with one attached hydrogen (secondary N) is 1. The van der Waals surface area contributed by atoms with Crippen molar-refractivity contribution < 1.29 is 22.7 Å². The number of methoxy groups -OCH3 is 1. The molecule has 0 saturated heterocycles. The van der Waals surface area contributed by atoms with E-state index in [1.54, 1.807) is 30.3 Å². The first kappa shape index (κ1) is 21.0. The zero-order valence-corrected chi connectivity index (χ0v) is 16.3. The van der Waals surface area contributed by atoms with Crippen molar-refractivity contribution in [2.45, 2.75) is 18.2 Å². The normalized spacial score (nSPS) is 11.4. The molecule has 0 heterocycles. The van der Waals surface area contributed by atoms with Gasteiger partial charge in [-0.1, -0.05) is 6.92 Å². The Bertz CT molecular complexity index is 988. The molecule has 0 radical (unpaired) electrons. The Kier molecular flexibility index (Phi) is 7.18. The zero-order chi connectivity index (χ0) is 20.6. The molecule has 2 rings (SSSR count). The molecular weight excluding hydrogens is 380 g/mol. The largest absolute Gasteiger partial charge is 0.497 e. The van der Waals surface area contributed by atoms with Crippen LogP contribution in [-0.4, -0.2) is 28.1 Å². The predicted octanol–water partition coefficient (Wildman–Crippen LogP) is 3.51. The van der Waals surface area contributed by atoms with Gasteiger partial charge < -0.3 is 14.8 Å². The Hall–Kier alpha value is -3.31. The molecule has 0 saturated carbocycles. The van der Waals surface area contributed by atoms with Crippen LogP contribution in [0, 0.1) is 11.3 Å². The van der Waals surface area contributed by atoms with Crippen LogP contribution in [0.5, 0.6) is 5.75 Å². The van der Waals surface area contributed by atoms with Crippen molar-refractivity contribution in [1.29, 1.82) is 5.26 Å². The highest BCUT2D eigenvalue weighted by Gasteiger charge is 2.20. The number of sulfone groups is 1. The van der Waals surface area contributed by atoms with E-state index in [9.17, 15) is 18.5 Å². The maximum absolute atomic E-state index is 12.6. The van der Waals surface area contributed by atoms with Crippen LogP contribution in [0.15, 0.2) is 64.5 Å². The van der Waals surface area contributed by atoms with Crippen LogP contribution in [-0.2, 0) is 14.6 Å². The maximum atomic E-state index is 12.6. The quantitative estimate of drug-likeness (QED) is 0.534. The van der Waals surface area contributed by atoms with Crippen molar-refractivity contribution >= 4 is 21.5 Å². The number of carbonyl (C=O) groups excluding carboxylic acids is 1. The molecule has 2 aromatic carbocycles. The molecule has 0 aliphatic heterocycles. The van der Waals surface area contributed by atoms with Crippen LogP contribution in [0.25, 0.3) is 0 Å². The van der Waals surface area contributed by atoms with Gasteiger partial charge in [-0.25, -0.2) is 13.2 Å². The fourth-order valence-corrected chi connectivity index (χ4v) is 3.26. The summed E-state index contributed by atoms with van der Waals surface area (Å²) >= 11 is 0. The Labute approximate surface area is 164 Å². The predicted molar refractivity (Wildman–Crippen MR) is 105 cm³/mol. The molecule has 146 valence electrons. The van der Waals surface area contributed by atoms with Gasteiger partial charge in [0.15, 0.2) is 4.91 Å². The number of hydrogen-bond acceptors (Lipinski definition) is 7. The van der Waals surface area contributed by atoms with Gasteiger partial charge in [0.2, 0.25) is 9.84 Å². The van der Waals surface area contributed by atoms with Crippen molar-refractivity contribution in [3.63, 3.8) is 0 Å². The smallest absolute Gasteiger partial charge is 0.338 e. The Morgan fingerprint density at radius 3 is 2.32 bits per heavy atom. The number of nitrogens with zero attached hydrogens (tertiary/aromatic N) is 1. The molecule has 0 bridgehead atoms. The third-order valence-electron chi connectivity index (χ3n) is 3.70. The molecule has 1 N–H and O–H groups in total. The highest BCUT2D eigenvalue weighted by Crippen LogP contribution is 2.22. The van der Waals surface area contributed by atoms with Crippen LogP contribution in [0.1, 0.15) is 23.7 Å². The molecule has 0 spiro atoms. The minimum atomic E-state index is -3.97. The molecule has 0 fully saturated rings. The van der Waals surface area contributed by atoms with Crippen LogP contribution >= 0.6 is 0 Å². The van der Waals surface area contributed by atoms with Crippen molar-refractivity contribution in [2.24, 2.45) is 0 Å². The van der Waals surface area contributed by atoms with Gasteiger partial charge in [-0.2, -0.15) is 5.26 Å². The van der Waals surface area contributed by atoms with Crippen LogP contribution in [0.4, 0.5) is 5.69 Å². The average Bonchev–Trinajstić information content (AvgIpc) is 2.72. The fourth-order valence-electron chi connectivity index (χ4n) is 2.18. The van der Waals surface area contributed by atoms with E-state index in [1.165, 1.54) is 31.4 Å². The Morgan fingerprint density at radius 2 is 1.79 bits per heavy atom. The van der Waals surface area contributed by atoms with E-state index in [-0.39, 0.29) is 4.90 Å². The second-order valence-electron chi connectivity index (χ2n) is 5.66. The molecule has 0 atom stereocenters. The molecule has 0 aliphatic rings. The van der Waals surface area contributed by atoms with Gasteiger partial charge in [0, 0.05) is 11.9 Å². The standard InChI is InChI=1S/C20H20N2O5S/c1-3-12-27-20(23)15-4-6-16(7-5-15)22-14-19(13-21)28(24,25)18-10-8-17(26-2)9-11-18/h4-11,14,22H,3,12H2,1-2H3. The summed E-state index contributed by atoms with van der Waals surface area (Å²) < 4.78 is 35.2. The second-order valence-corrected chi connectivity index (χ2v) is 7.58. The lowest BCUT2D eigenvalue weighted by molar-refractivity contribution is 0.0505. The van der Waals surface area contributed by atoms with Crippen LogP contribution in [0.3, 0.4) is 0 Å². The summed E-state index contributed by atoms with van der Waals surface area (Å²) in [6, 6.07) is 13.7. The van der Waals surface area contributed by atoms with E-state index >= 15 is 0 Å². The van der Waals surface area contributed by atoms with Crippen LogP contribution < -0.4 is 10.1 Å². The van der Waals surface area contributed by atoms with Gasteiger partial charge in [0.05, 0.1) is 24.2 Å². The number of carbonyl (C=O) groups is 1. The molecular formula is C20H20N2O5S. The summed E-state index contributed by atoms with van der Waals surface area (Å²) in [5, 5.41) is 12.0. The lowest BCUT2D eigenvalue weighted by Crippen LogP contribution is -2.07. The summed E-state index contributed by atoms with van der Waals surface area (Å²) in [5.41, 5.74) is 0.902. The van der Waals surface area contributed by atoms with Crippen molar-refractivity contribution in [2.75, 3.05) is 19.0 Å². The van der Waals surface area contributed by atoms with Gasteiger partial charge in [-0.05, 0) is 55.0 Å². The maximum Gasteiger partial charge on any atom is 0.338 e. The second kappa shape index (κ2) is 9.58. The van der Waals surface area contributed by atoms with Gasteiger partial charge in [-0.15, -0.1) is 0 Å². The van der Waals surface area contributed by atoms with E-state index in [1.807, 2.05) is 6.92 Å². The third-order valence-corrected chi connectivity index (χ3v) is 5.38. The molecule has 8 heteroatoms. The Morgan fingerprint density at radius 1 is 1.14 bits per heavy atom. The lowest BCUT2D eigenvalue weighted by atomic mass is 10.2. The van der Waals surface area contributed by atoms with Gasteiger partial charge in [-0.3, -0.25) is 0 Å². The van der Waals surface area contributed by atoms with E-state index in [0.29, 0.717) is 23.6 Å². The van der Waals surface area contributed by atoms with Crippen molar-refractivity contribution in [1.82, 2.24) is 0 Å². The number of nitriles is 1. The molecule has 7 nitrogen and oxygen atoms in total. The van der Waals surface area contributed by atoms with E-state index in [2.05, 4.69) is 5.32 Å². The SMILES string of the molecule is CCCOC(=O)c1ccc(NC=C(C#N)S(=O)(=O)c2ccc(OC)cc2)cc1. The zero-order valence-electron chi connectivity index (χ0n) is 15.5. The summed E-state index contributed by atoms with van der Waals surface area (Å²) in [7, 11) is -2.50. The number of benzene rings is 2. The molecule has 0 aliphatic carbocycles. The van der Waals surface area contributed by atoms with Gasteiger partial charge >= 0.3 is 5.97 Å². The minimum Gasteiger partial charge on any atom is -0.497 e. The number of esters is 1. The molecule has 0 aromatic heterocycles. The summed E-state index contributed by atoms with van der Waals surface area (Å²) in [6.45, 7) is 2.25. The topological polar surface area (TPSA) is 105 Å². The van der Waals surface area contributed by atoms with Crippen LogP contribution in [0.2, 0.25) is 0 Å².